The molecule has 17 heavy (non-hydrogen) atoms. The molecule has 0 radical (unpaired) electrons. The van der Waals surface area contributed by atoms with E-state index in [0.29, 0.717) is 6.04 Å². The van der Waals surface area contributed by atoms with E-state index in [1.54, 1.807) is 6.07 Å². The fourth-order valence-electron chi connectivity index (χ4n) is 2.13. The van der Waals surface area contributed by atoms with Crippen molar-refractivity contribution >= 4 is 15.9 Å². The summed E-state index contributed by atoms with van der Waals surface area (Å²) in [5.74, 6) is 0.762. The highest BCUT2D eigenvalue weighted by atomic mass is 79.9. The number of halogens is 2. The monoisotopic (exact) mass is 299 g/mol. The number of rotatable bonds is 6. The molecule has 1 saturated carbocycles. The van der Waals surface area contributed by atoms with Crippen LogP contribution >= 0.6 is 15.9 Å². The van der Waals surface area contributed by atoms with Gasteiger partial charge in [-0.05, 0) is 42.5 Å². The number of hydrogen-bond donors (Lipinski definition) is 1. The summed E-state index contributed by atoms with van der Waals surface area (Å²) in [5, 5.41) is 3.52. The maximum absolute atomic E-state index is 13.2. The molecule has 1 aromatic carbocycles. The normalized spacial score (nSPS) is 17.1. The van der Waals surface area contributed by atoms with Gasteiger partial charge in [0.05, 0.1) is 0 Å². The molecule has 0 aromatic heterocycles. The predicted octanol–water partition coefficient (Wildman–Crippen LogP) is 4.26. The summed E-state index contributed by atoms with van der Waals surface area (Å²) in [4.78, 5) is 0. The van der Waals surface area contributed by atoms with Crippen LogP contribution in [-0.2, 0) is 6.54 Å². The van der Waals surface area contributed by atoms with Crippen molar-refractivity contribution in [3.05, 3.63) is 34.1 Å². The van der Waals surface area contributed by atoms with Crippen molar-refractivity contribution in [1.82, 2.24) is 5.32 Å². The van der Waals surface area contributed by atoms with Crippen LogP contribution in [0, 0.1) is 11.7 Å². The summed E-state index contributed by atoms with van der Waals surface area (Å²) >= 11 is 3.32. The largest absolute Gasteiger partial charge is 0.310 e. The zero-order valence-electron chi connectivity index (χ0n) is 10.2. The fraction of sp³-hybridized carbons (Fsp3) is 0.571. The lowest BCUT2D eigenvalue weighted by Crippen LogP contribution is -2.28. The average Bonchev–Trinajstić information content (AvgIpc) is 3.06. The second kappa shape index (κ2) is 5.96. The average molecular weight is 300 g/mol. The van der Waals surface area contributed by atoms with Crippen LogP contribution in [0.2, 0.25) is 0 Å². The fourth-order valence-corrected chi connectivity index (χ4v) is 2.64. The quantitative estimate of drug-likeness (QED) is 0.828. The Morgan fingerprint density at radius 2 is 2.18 bits per heavy atom. The van der Waals surface area contributed by atoms with Crippen LogP contribution in [0.5, 0.6) is 0 Å². The van der Waals surface area contributed by atoms with Gasteiger partial charge in [0.25, 0.3) is 0 Å². The third kappa shape index (κ3) is 4.40. The summed E-state index contributed by atoms with van der Waals surface area (Å²) in [6.45, 7) is 2.96. The second-order valence-corrected chi connectivity index (χ2v) is 5.86. The van der Waals surface area contributed by atoms with Crippen LogP contribution in [0.15, 0.2) is 22.7 Å². The molecule has 1 aliphatic carbocycles. The van der Waals surface area contributed by atoms with Gasteiger partial charge in [0.1, 0.15) is 5.82 Å². The molecule has 0 aliphatic heterocycles. The first-order chi connectivity index (χ1) is 8.17. The first-order valence-electron chi connectivity index (χ1n) is 6.35. The molecular weight excluding hydrogens is 281 g/mol. The third-order valence-corrected chi connectivity index (χ3v) is 3.78. The molecule has 0 amide bonds. The summed E-state index contributed by atoms with van der Waals surface area (Å²) in [7, 11) is 0. The third-order valence-electron chi connectivity index (χ3n) is 3.32. The predicted molar refractivity (Wildman–Crippen MR) is 72.4 cm³/mol. The molecule has 1 atom stereocenters. The highest BCUT2D eigenvalue weighted by molar-refractivity contribution is 9.10. The lowest BCUT2D eigenvalue weighted by atomic mass is 10.1. The van der Waals surface area contributed by atoms with Crippen LogP contribution < -0.4 is 5.32 Å². The summed E-state index contributed by atoms with van der Waals surface area (Å²) in [5.41, 5.74) is 1.01. The SMILES string of the molecule is CCC(CC1CC1)NCc1cc(F)cc(Br)c1. The maximum atomic E-state index is 13.2. The van der Waals surface area contributed by atoms with Gasteiger partial charge in [-0.2, -0.15) is 0 Å². The molecule has 3 heteroatoms. The van der Waals surface area contributed by atoms with Gasteiger partial charge < -0.3 is 5.32 Å². The van der Waals surface area contributed by atoms with E-state index in [-0.39, 0.29) is 5.82 Å². The lowest BCUT2D eigenvalue weighted by molar-refractivity contribution is 0.444. The molecule has 1 unspecified atom stereocenters. The zero-order chi connectivity index (χ0) is 12.3. The van der Waals surface area contributed by atoms with E-state index >= 15 is 0 Å². The standard InChI is InChI=1S/C14H19BrFN/c1-2-14(7-10-3-4-10)17-9-11-5-12(15)8-13(16)6-11/h5-6,8,10,14,17H,2-4,7,9H2,1H3. The minimum atomic E-state index is -0.175. The van der Waals surface area contributed by atoms with E-state index in [1.807, 2.05) is 6.07 Å². The maximum Gasteiger partial charge on any atom is 0.124 e. The van der Waals surface area contributed by atoms with Crippen molar-refractivity contribution in [2.24, 2.45) is 5.92 Å². The van der Waals surface area contributed by atoms with Crippen LogP contribution in [0.4, 0.5) is 4.39 Å². The van der Waals surface area contributed by atoms with E-state index in [2.05, 4.69) is 28.2 Å². The minimum absolute atomic E-state index is 0.175. The van der Waals surface area contributed by atoms with Crippen molar-refractivity contribution in [2.75, 3.05) is 0 Å². The van der Waals surface area contributed by atoms with Crippen molar-refractivity contribution < 1.29 is 4.39 Å². The lowest BCUT2D eigenvalue weighted by Gasteiger charge is -2.16. The number of nitrogens with one attached hydrogen (secondary N) is 1. The molecule has 1 N–H and O–H groups in total. The molecule has 2 rings (SSSR count). The molecular formula is C14H19BrFN. The first-order valence-corrected chi connectivity index (χ1v) is 7.15. The Balaban J connectivity index is 1.86. The Morgan fingerprint density at radius 3 is 2.76 bits per heavy atom. The molecule has 1 aromatic rings. The first kappa shape index (κ1) is 13.0. The van der Waals surface area contributed by atoms with E-state index in [9.17, 15) is 4.39 Å². The Hall–Kier alpha value is -0.410. The molecule has 1 nitrogen and oxygen atoms in total. The summed E-state index contributed by atoms with van der Waals surface area (Å²) < 4.78 is 14.0. The van der Waals surface area contributed by atoms with Gasteiger partial charge >= 0.3 is 0 Å². The molecule has 0 bridgehead atoms. The van der Waals surface area contributed by atoms with Gasteiger partial charge in [-0.15, -0.1) is 0 Å². The van der Waals surface area contributed by atoms with Gasteiger partial charge in [-0.3, -0.25) is 0 Å². The highest BCUT2D eigenvalue weighted by Crippen LogP contribution is 2.34. The molecule has 0 spiro atoms. The van der Waals surface area contributed by atoms with Crippen LogP contribution in [0.3, 0.4) is 0 Å². The van der Waals surface area contributed by atoms with Crippen LogP contribution in [0.1, 0.15) is 38.2 Å². The molecule has 0 heterocycles. The van der Waals surface area contributed by atoms with Crippen LogP contribution in [-0.4, -0.2) is 6.04 Å². The van der Waals surface area contributed by atoms with Crippen molar-refractivity contribution in [2.45, 2.75) is 45.2 Å². The summed E-state index contributed by atoms with van der Waals surface area (Å²) in [6.07, 6.45) is 5.20. The van der Waals surface area contributed by atoms with Gasteiger partial charge in [0, 0.05) is 17.1 Å². The highest BCUT2D eigenvalue weighted by Gasteiger charge is 2.24. The Labute approximate surface area is 111 Å². The summed E-state index contributed by atoms with van der Waals surface area (Å²) in [6, 6.07) is 5.64. The molecule has 94 valence electrons. The van der Waals surface area contributed by atoms with E-state index in [0.717, 1.165) is 28.9 Å². The Kier molecular flexibility index (Phi) is 4.57. The van der Waals surface area contributed by atoms with Crippen molar-refractivity contribution in [3.63, 3.8) is 0 Å². The second-order valence-electron chi connectivity index (χ2n) is 4.94. The zero-order valence-corrected chi connectivity index (χ0v) is 11.8. The van der Waals surface area contributed by atoms with Gasteiger partial charge in [-0.1, -0.05) is 35.7 Å². The van der Waals surface area contributed by atoms with E-state index in [4.69, 9.17) is 0 Å². The number of benzene rings is 1. The van der Waals surface area contributed by atoms with Gasteiger partial charge in [0.15, 0.2) is 0 Å². The Bertz CT molecular complexity index is 356. The molecule has 1 fully saturated rings. The van der Waals surface area contributed by atoms with E-state index in [1.165, 1.54) is 25.3 Å². The topological polar surface area (TPSA) is 12.0 Å². The van der Waals surface area contributed by atoms with Crippen molar-refractivity contribution in [3.8, 4) is 0 Å². The number of hydrogen-bond acceptors (Lipinski definition) is 1. The smallest absolute Gasteiger partial charge is 0.124 e. The van der Waals surface area contributed by atoms with Gasteiger partial charge in [0.2, 0.25) is 0 Å². The van der Waals surface area contributed by atoms with E-state index < -0.39 is 0 Å². The van der Waals surface area contributed by atoms with Crippen LogP contribution in [0.25, 0.3) is 0 Å². The molecule has 0 saturated heterocycles. The molecule has 1 aliphatic rings. The minimum Gasteiger partial charge on any atom is -0.310 e. The Morgan fingerprint density at radius 1 is 1.41 bits per heavy atom. The van der Waals surface area contributed by atoms with Gasteiger partial charge in [-0.25, -0.2) is 4.39 Å². The van der Waals surface area contributed by atoms with Crippen molar-refractivity contribution in [1.29, 1.82) is 0 Å².